The van der Waals surface area contributed by atoms with Crippen molar-refractivity contribution in [3.05, 3.63) is 40.5 Å². The predicted octanol–water partition coefficient (Wildman–Crippen LogP) is 1.04. The molecule has 0 saturated heterocycles. The maximum absolute atomic E-state index is 12.6. The number of rotatable bonds is 5. The first-order valence-electron chi connectivity index (χ1n) is 7.05. The van der Waals surface area contributed by atoms with Crippen molar-refractivity contribution in [2.75, 3.05) is 0 Å². The zero-order valence-corrected chi connectivity index (χ0v) is 13.2. The summed E-state index contributed by atoms with van der Waals surface area (Å²) >= 11 is 0. The smallest absolute Gasteiger partial charge is 0.335 e. The summed E-state index contributed by atoms with van der Waals surface area (Å²) in [6.45, 7) is 1.49. The van der Waals surface area contributed by atoms with E-state index in [1.54, 1.807) is 13.0 Å². The summed E-state index contributed by atoms with van der Waals surface area (Å²) in [5, 5.41) is 12.8. The Hall–Kier alpha value is -2.26. The van der Waals surface area contributed by atoms with Gasteiger partial charge in [-0.3, -0.25) is 0 Å². The number of aromatic carboxylic acids is 1. The molecule has 9 heteroatoms. The van der Waals surface area contributed by atoms with Gasteiger partial charge in [0.05, 0.1) is 17.0 Å². The maximum Gasteiger partial charge on any atom is 0.335 e. The first-order valence-corrected chi connectivity index (χ1v) is 8.53. The topological polar surface area (TPSA) is 122 Å². The number of aryl methyl sites for hydroxylation is 2. The zero-order valence-electron chi connectivity index (χ0n) is 12.4. The Morgan fingerprint density at radius 2 is 2.17 bits per heavy atom. The largest absolute Gasteiger partial charge is 0.478 e. The molecule has 0 amide bonds. The molecular weight excluding hydrogens is 322 g/mol. The van der Waals surface area contributed by atoms with E-state index in [-0.39, 0.29) is 22.9 Å². The summed E-state index contributed by atoms with van der Waals surface area (Å²) in [5.74, 6) is -0.589. The Bertz CT molecular complexity index is 873. The number of aromatic nitrogens is 2. The third-order valence-corrected chi connectivity index (χ3v) is 5.16. The molecule has 1 heterocycles. The highest BCUT2D eigenvalue weighted by atomic mass is 32.2. The highest BCUT2D eigenvalue weighted by Crippen LogP contribution is 2.30. The number of fused-ring (bicyclic) bond motifs is 1. The summed E-state index contributed by atoms with van der Waals surface area (Å²) in [6, 6.07) is 2.75. The van der Waals surface area contributed by atoms with Crippen LogP contribution in [0.1, 0.15) is 39.6 Å². The molecule has 0 saturated carbocycles. The van der Waals surface area contributed by atoms with E-state index in [2.05, 4.69) is 14.9 Å². The van der Waals surface area contributed by atoms with Crippen molar-refractivity contribution in [2.45, 2.75) is 37.6 Å². The van der Waals surface area contributed by atoms with Crippen LogP contribution in [0.2, 0.25) is 0 Å². The van der Waals surface area contributed by atoms with Gasteiger partial charge in [0.25, 0.3) is 0 Å². The van der Waals surface area contributed by atoms with Crippen LogP contribution in [0.15, 0.2) is 21.6 Å². The molecule has 0 aliphatic heterocycles. The molecule has 1 aliphatic rings. The van der Waals surface area contributed by atoms with Crippen molar-refractivity contribution in [1.82, 2.24) is 14.9 Å². The van der Waals surface area contributed by atoms with E-state index in [0.717, 1.165) is 12.0 Å². The van der Waals surface area contributed by atoms with E-state index in [1.807, 2.05) is 0 Å². The summed E-state index contributed by atoms with van der Waals surface area (Å²) in [6.07, 6.45) is 2.11. The van der Waals surface area contributed by atoms with E-state index in [4.69, 9.17) is 9.63 Å². The van der Waals surface area contributed by atoms with Gasteiger partial charge in [-0.15, -0.1) is 0 Å². The second-order valence-electron chi connectivity index (χ2n) is 5.33. The molecule has 1 aliphatic carbocycles. The van der Waals surface area contributed by atoms with Crippen LogP contribution >= 0.6 is 0 Å². The number of hydrogen-bond donors (Lipinski definition) is 2. The average Bonchev–Trinajstić information content (AvgIpc) is 3.12. The fourth-order valence-corrected chi connectivity index (χ4v) is 3.98. The molecule has 0 spiro atoms. The van der Waals surface area contributed by atoms with E-state index in [9.17, 15) is 13.2 Å². The Morgan fingerprint density at radius 1 is 1.39 bits per heavy atom. The van der Waals surface area contributed by atoms with Gasteiger partial charge in [-0.1, -0.05) is 5.16 Å². The highest BCUT2D eigenvalue weighted by molar-refractivity contribution is 7.89. The van der Waals surface area contributed by atoms with Gasteiger partial charge in [0.2, 0.25) is 15.9 Å². The Labute approximate surface area is 132 Å². The van der Waals surface area contributed by atoms with E-state index in [0.29, 0.717) is 24.2 Å². The van der Waals surface area contributed by atoms with Crippen LogP contribution in [0.5, 0.6) is 0 Å². The van der Waals surface area contributed by atoms with E-state index in [1.165, 1.54) is 6.07 Å². The van der Waals surface area contributed by atoms with Gasteiger partial charge in [-0.05, 0) is 49.4 Å². The van der Waals surface area contributed by atoms with Gasteiger partial charge >= 0.3 is 5.97 Å². The first-order chi connectivity index (χ1) is 10.9. The lowest BCUT2D eigenvalue weighted by atomic mass is 10.1. The Balaban J connectivity index is 1.94. The van der Waals surface area contributed by atoms with Crippen LogP contribution in [0, 0.1) is 6.92 Å². The molecule has 1 aromatic heterocycles. The standard InChI is InChI=1S/C14H15N3O5S/c1-8-16-13(22-17-8)7-15-23(20,21)12-6-10(14(18)19)5-9-3-2-4-11(9)12/h5-6,15H,2-4,7H2,1H3,(H,18,19). The van der Waals surface area contributed by atoms with Crippen molar-refractivity contribution in [2.24, 2.45) is 0 Å². The van der Waals surface area contributed by atoms with Crippen LogP contribution in [-0.4, -0.2) is 29.6 Å². The molecule has 23 heavy (non-hydrogen) atoms. The van der Waals surface area contributed by atoms with Gasteiger partial charge in [0.1, 0.15) is 0 Å². The molecule has 2 aromatic rings. The van der Waals surface area contributed by atoms with Gasteiger partial charge in [0.15, 0.2) is 5.82 Å². The third kappa shape index (κ3) is 3.10. The summed E-state index contributed by atoms with van der Waals surface area (Å²) < 4.78 is 32.4. The molecule has 0 atom stereocenters. The molecule has 1 aromatic carbocycles. The number of benzene rings is 1. The second-order valence-corrected chi connectivity index (χ2v) is 7.07. The SMILES string of the molecule is Cc1noc(CNS(=O)(=O)c2cc(C(=O)O)cc3c2CCC3)n1. The minimum atomic E-state index is -3.87. The zero-order chi connectivity index (χ0) is 16.6. The van der Waals surface area contributed by atoms with Crippen LogP contribution in [0.3, 0.4) is 0 Å². The van der Waals surface area contributed by atoms with E-state index < -0.39 is 16.0 Å². The van der Waals surface area contributed by atoms with Crippen LogP contribution in [0.25, 0.3) is 0 Å². The van der Waals surface area contributed by atoms with Crippen molar-refractivity contribution in [3.8, 4) is 0 Å². The van der Waals surface area contributed by atoms with Crippen molar-refractivity contribution < 1.29 is 22.8 Å². The number of nitrogens with zero attached hydrogens (tertiary/aromatic N) is 2. The lowest BCUT2D eigenvalue weighted by Gasteiger charge is -2.11. The summed E-state index contributed by atoms with van der Waals surface area (Å²) in [7, 11) is -3.87. The highest BCUT2D eigenvalue weighted by Gasteiger charge is 2.26. The molecule has 0 fully saturated rings. The first kappa shape index (κ1) is 15.6. The third-order valence-electron chi connectivity index (χ3n) is 3.69. The second kappa shape index (κ2) is 5.74. The number of carbonyl (C=O) groups is 1. The quantitative estimate of drug-likeness (QED) is 0.835. The molecule has 0 radical (unpaired) electrons. The van der Waals surface area contributed by atoms with Gasteiger partial charge in [0, 0.05) is 0 Å². The number of nitrogens with one attached hydrogen (secondary N) is 1. The average molecular weight is 337 g/mol. The minimum Gasteiger partial charge on any atom is -0.478 e. The molecule has 122 valence electrons. The molecule has 0 unspecified atom stereocenters. The fraction of sp³-hybridized carbons (Fsp3) is 0.357. The molecule has 2 N–H and O–H groups in total. The van der Waals surface area contributed by atoms with Crippen molar-refractivity contribution >= 4 is 16.0 Å². The summed E-state index contributed by atoms with van der Waals surface area (Å²) in [5.41, 5.74) is 1.43. The number of carboxylic acids is 1. The number of hydrogen-bond acceptors (Lipinski definition) is 6. The van der Waals surface area contributed by atoms with Gasteiger partial charge in [-0.25, -0.2) is 17.9 Å². The monoisotopic (exact) mass is 337 g/mol. The fourth-order valence-electron chi connectivity index (χ4n) is 2.68. The van der Waals surface area contributed by atoms with Gasteiger partial charge < -0.3 is 9.63 Å². The predicted molar refractivity (Wildman–Crippen MR) is 78.5 cm³/mol. The van der Waals surface area contributed by atoms with Crippen molar-refractivity contribution in [3.63, 3.8) is 0 Å². The molecular formula is C14H15N3O5S. The number of sulfonamides is 1. The van der Waals surface area contributed by atoms with Crippen LogP contribution in [0.4, 0.5) is 0 Å². The maximum atomic E-state index is 12.6. The van der Waals surface area contributed by atoms with Crippen LogP contribution < -0.4 is 4.72 Å². The molecule has 8 nitrogen and oxygen atoms in total. The number of carboxylic acid groups (broad SMARTS) is 1. The summed E-state index contributed by atoms with van der Waals surface area (Å²) in [4.78, 5) is 15.2. The van der Waals surface area contributed by atoms with E-state index >= 15 is 0 Å². The van der Waals surface area contributed by atoms with Crippen molar-refractivity contribution in [1.29, 1.82) is 0 Å². The molecule has 3 rings (SSSR count). The molecule has 0 bridgehead atoms. The Kier molecular flexibility index (Phi) is 3.90. The Morgan fingerprint density at radius 3 is 2.83 bits per heavy atom. The normalized spacial score (nSPS) is 14.0. The van der Waals surface area contributed by atoms with Crippen LogP contribution in [-0.2, 0) is 29.4 Å². The van der Waals surface area contributed by atoms with Gasteiger partial charge in [-0.2, -0.15) is 4.98 Å². The lowest BCUT2D eigenvalue weighted by molar-refractivity contribution is 0.0696. The lowest BCUT2D eigenvalue weighted by Crippen LogP contribution is -2.25. The minimum absolute atomic E-state index is 0.0149.